The standard InChI is InChI=1S/C36H40F2N6O2S2/c1-5-22-12-9-14-26(37)33(22)48(45,46)44-28-15-10-13-25(30(28)38)31-32(47-34(43-31)36(2,3)4)29-18-20-40-35(42-29)41-24-16-17-27-23(21-24)11-7-6-8-19-39-27/h7,9-15,18,20,24,39,44H,5-6,8,16-17,19,21H2,1-4H3,(H,40,41,42)/b11-7+. The summed E-state index contributed by atoms with van der Waals surface area (Å²) in [6.07, 6.45) is 11.4. The van der Waals surface area contributed by atoms with E-state index < -0.39 is 26.6 Å². The highest BCUT2D eigenvalue weighted by atomic mass is 32.2. The summed E-state index contributed by atoms with van der Waals surface area (Å²) in [7, 11) is -4.44. The van der Waals surface area contributed by atoms with E-state index in [0.717, 1.165) is 49.7 Å². The highest BCUT2D eigenvalue weighted by Gasteiger charge is 2.29. The van der Waals surface area contributed by atoms with Crippen molar-refractivity contribution in [3.8, 4) is 21.8 Å². The topological polar surface area (TPSA) is 109 Å². The average molecular weight is 691 g/mol. The largest absolute Gasteiger partial charge is 0.388 e. The van der Waals surface area contributed by atoms with Crippen LogP contribution in [-0.4, -0.2) is 36.0 Å². The average Bonchev–Trinajstić information content (AvgIpc) is 3.49. The van der Waals surface area contributed by atoms with Crippen molar-refractivity contribution < 1.29 is 17.2 Å². The molecule has 252 valence electrons. The van der Waals surface area contributed by atoms with Gasteiger partial charge in [-0.15, -0.1) is 11.3 Å². The van der Waals surface area contributed by atoms with Gasteiger partial charge in [-0.25, -0.2) is 32.2 Å². The molecular weight excluding hydrogens is 651 g/mol. The molecule has 1 unspecified atom stereocenters. The van der Waals surface area contributed by atoms with Crippen LogP contribution in [0.25, 0.3) is 21.8 Å². The number of nitrogens with zero attached hydrogens (tertiary/aromatic N) is 3. The Hall–Kier alpha value is -4.16. The molecule has 1 aliphatic heterocycles. The highest BCUT2D eigenvalue weighted by Crippen LogP contribution is 2.42. The molecule has 4 aromatic rings. The first-order chi connectivity index (χ1) is 22.9. The Labute approximate surface area is 284 Å². The lowest BCUT2D eigenvalue weighted by Gasteiger charge is -2.28. The summed E-state index contributed by atoms with van der Waals surface area (Å²) < 4.78 is 60.2. The van der Waals surface area contributed by atoms with Crippen LogP contribution in [0.1, 0.15) is 70.4 Å². The molecule has 3 N–H and O–H groups in total. The van der Waals surface area contributed by atoms with E-state index in [9.17, 15) is 12.8 Å². The lowest BCUT2D eigenvalue weighted by molar-refractivity contribution is 0.563. The van der Waals surface area contributed by atoms with Crippen molar-refractivity contribution in [1.82, 2.24) is 20.3 Å². The van der Waals surface area contributed by atoms with Crippen LogP contribution in [0.2, 0.25) is 0 Å². The van der Waals surface area contributed by atoms with E-state index in [1.807, 2.05) is 20.8 Å². The summed E-state index contributed by atoms with van der Waals surface area (Å²) in [6, 6.07) is 10.4. The van der Waals surface area contributed by atoms with Gasteiger partial charge in [0.05, 0.1) is 27.0 Å². The maximum atomic E-state index is 16.4. The smallest absolute Gasteiger partial charge is 0.265 e. The SMILES string of the molecule is CCc1cccc(F)c1S(=O)(=O)Nc1cccc(-c2nc(C(C)(C)C)sc2-c2ccnc(NC3CCC4=C(/C=C/CCCN4)C3)n2)c1F. The normalized spacial score (nSPS) is 17.6. The lowest BCUT2D eigenvalue weighted by Crippen LogP contribution is -2.29. The van der Waals surface area contributed by atoms with Crippen LogP contribution < -0.4 is 15.4 Å². The second kappa shape index (κ2) is 13.8. The number of sulfonamides is 1. The van der Waals surface area contributed by atoms with Gasteiger partial charge in [0, 0.05) is 35.5 Å². The van der Waals surface area contributed by atoms with Gasteiger partial charge in [-0.3, -0.25) is 4.72 Å². The third-order valence-corrected chi connectivity index (χ3v) is 11.5. The van der Waals surface area contributed by atoms with Crippen LogP contribution in [-0.2, 0) is 21.9 Å². The van der Waals surface area contributed by atoms with Gasteiger partial charge in [0.25, 0.3) is 10.0 Å². The second-order valence-electron chi connectivity index (χ2n) is 13.1. The minimum atomic E-state index is -4.44. The molecule has 1 aliphatic carbocycles. The van der Waals surface area contributed by atoms with Crippen LogP contribution in [0.3, 0.4) is 0 Å². The molecule has 0 spiro atoms. The molecule has 2 aromatic heterocycles. The van der Waals surface area contributed by atoms with Gasteiger partial charge in [-0.2, -0.15) is 0 Å². The van der Waals surface area contributed by atoms with E-state index in [1.165, 1.54) is 34.7 Å². The van der Waals surface area contributed by atoms with Crippen molar-refractivity contribution in [2.45, 2.75) is 82.6 Å². The van der Waals surface area contributed by atoms with Crippen LogP contribution in [0.15, 0.2) is 77.0 Å². The summed E-state index contributed by atoms with van der Waals surface area (Å²) in [5.41, 5.74) is 3.28. The maximum Gasteiger partial charge on any atom is 0.265 e. The molecule has 0 fully saturated rings. The molecule has 3 heterocycles. The maximum absolute atomic E-state index is 16.4. The number of hydrogen-bond donors (Lipinski definition) is 3. The molecule has 6 rings (SSSR count). The molecule has 48 heavy (non-hydrogen) atoms. The summed E-state index contributed by atoms with van der Waals surface area (Å²) in [6.45, 7) is 8.80. The number of benzene rings is 2. The minimum Gasteiger partial charge on any atom is -0.388 e. The molecule has 2 aliphatic rings. The van der Waals surface area contributed by atoms with E-state index in [1.54, 1.807) is 37.4 Å². The molecule has 0 saturated heterocycles. The zero-order chi connectivity index (χ0) is 34.1. The quantitative estimate of drug-likeness (QED) is 0.171. The third-order valence-electron chi connectivity index (χ3n) is 8.49. The molecular formula is C36H40F2N6O2S2. The van der Waals surface area contributed by atoms with Crippen molar-refractivity contribution in [3.63, 3.8) is 0 Å². The Morgan fingerprint density at radius 1 is 1.08 bits per heavy atom. The zero-order valence-electron chi connectivity index (χ0n) is 27.5. The Balaban J connectivity index is 1.34. The molecule has 1 atom stereocenters. The van der Waals surface area contributed by atoms with E-state index in [-0.39, 0.29) is 29.1 Å². The molecule has 2 aromatic carbocycles. The number of aromatic nitrogens is 3. The molecule has 0 radical (unpaired) electrons. The molecule has 0 saturated carbocycles. The molecule has 8 nitrogen and oxygen atoms in total. The van der Waals surface area contributed by atoms with Gasteiger partial charge in [0.2, 0.25) is 5.95 Å². The summed E-state index contributed by atoms with van der Waals surface area (Å²) in [5, 5.41) is 7.87. The first-order valence-electron chi connectivity index (χ1n) is 16.3. The number of allylic oxidation sites excluding steroid dienone is 3. The summed E-state index contributed by atoms with van der Waals surface area (Å²) >= 11 is 1.41. The molecule has 12 heteroatoms. The fourth-order valence-electron chi connectivity index (χ4n) is 6.01. The lowest BCUT2D eigenvalue weighted by atomic mass is 9.90. The number of nitrogens with one attached hydrogen (secondary N) is 3. The molecule has 0 amide bonds. The Morgan fingerprint density at radius 3 is 2.69 bits per heavy atom. The van der Waals surface area contributed by atoms with Gasteiger partial charge in [0.15, 0.2) is 5.82 Å². The summed E-state index contributed by atoms with van der Waals surface area (Å²) in [5.74, 6) is -1.24. The van der Waals surface area contributed by atoms with Crippen molar-refractivity contribution in [1.29, 1.82) is 0 Å². The van der Waals surface area contributed by atoms with Crippen LogP contribution >= 0.6 is 11.3 Å². The zero-order valence-corrected chi connectivity index (χ0v) is 29.2. The highest BCUT2D eigenvalue weighted by molar-refractivity contribution is 7.92. The van der Waals surface area contributed by atoms with Gasteiger partial charge < -0.3 is 10.6 Å². The monoisotopic (exact) mass is 690 g/mol. The summed E-state index contributed by atoms with van der Waals surface area (Å²) in [4.78, 5) is 14.4. The van der Waals surface area contributed by atoms with Gasteiger partial charge in [-0.05, 0) is 73.9 Å². The number of rotatable bonds is 8. The number of anilines is 2. The van der Waals surface area contributed by atoms with Crippen molar-refractivity contribution in [3.05, 3.63) is 94.3 Å². The number of aryl methyl sites for hydroxylation is 1. The Morgan fingerprint density at radius 2 is 1.90 bits per heavy atom. The number of thiazole rings is 1. The first kappa shape index (κ1) is 33.7. The fraction of sp³-hybridized carbons (Fsp3) is 0.361. The van der Waals surface area contributed by atoms with Gasteiger partial charge >= 0.3 is 0 Å². The number of hydrogen-bond acceptors (Lipinski definition) is 8. The predicted molar refractivity (Wildman–Crippen MR) is 188 cm³/mol. The minimum absolute atomic E-state index is 0.102. The van der Waals surface area contributed by atoms with E-state index >= 15 is 4.39 Å². The number of halogens is 2. The van der Waals surface area contributed by atoms with E-state index in [0.29, 0.717) is 27.8 Å². The van der Waals surface area contributed by atoms with E-state index in [4.69, 9.17) is 9.97 Å². The molecule has 0 bridgehead atoms. The Bertz CT molecular complexity index is 2000. The third kappa shape index (κ3) is 7.14. The first-order valence-corrected chi connectivity index (χ1v) is 18.6. The van der Waals surface area contributed by atoms with Crippen molar-refractivity contribution >= 4 is 33.0 Å². The van der Waals surface area contributed by atoms with Crippen LogP contribution in [0.5, 0.6) is 0 Å². The van der Waals surface area contributed by atoms with Crippen LogP contribution in [0.4, 0.5) is 20.4 Å². The van der Waals surface area contributed by atoms with Crippen LogP contribution in [0, 0.1) is 11.6 Å². The van der Waals surface area contributed by atoms with Crippen molar-refractivity contribution in [2.75, 3.05) is 16.6 Å². The van der Waals surface area contributed by atoms with Crippen molar-refractivity contribution in [2.24, 2.45) is 0 Å². The van der Waals surface area contributed by atoms with E-state index in [2.05, 4.69) is 32.5 Å². The van der Waals surface area contributed by atoms with Gasteiger partial charge in [-0.1, -0.05) is 58.0 Å². The van der Waals surface area contributed by atoms with Gasteiger partial charge in [0.1, 0.15) is 10.7 Å². The predicted octanol–water partition coefficient (Wildman–Crippen LogP) is 8.36. The Kier molecular flexibility index (Phi) is 9.67. The fourth-order valence-corrected chi connectivity index (χ4v) is 8.54. The second-order valence-corrected chi connectivity index (χ2v) is 15.7.